The summed E-state index contributed by atoms with van der Waals surface area (Å²) in [6.45, 7) is -2.04. The lowest BCUT2D eigenvalue weighted by Gasteiger charge is -2.09. The zero-order valence-electron chi connectivity index (χ0n) is 8.29. The summed E-state index contributed by atoms with van der Waals surface area (Å²) in [5, 5.41) is 8.74. The Morgan fingerprint density at radius 3 is 2.65 bits per heavy atom. The van der Waals surface area contributed by atoms with E-state index in [1.807, 2.05) is 0 Å². The topological polar surface area (TPSA) is 59.4 Å². The number of alkyl halides is 3. The molecule has 0 fully saturated rings. The maximum Gasteiger partial charge on any atom is 0.411 e. The highest BCUT2D eigenvalue weighted by Crippen LogP contribution is 2.17. The first-order valence-corrected chi connectivity index (χ1v) is 4.70. The van der Waals surface area contributed by atoms with Crippen molar-refractivity contribution in [2.75, 3.05) is 6.61 Å². The van der Waals surface area contributed by atoms with Crippen LogP contribution in [0, 0.1) is 0 Å². The number of aromatic carboxylic acids is 1. The third-order valence-electron chi connectivity index (χ3n) is 1.68. The van der Waals surface area contributed by atoms with Crippen molar-refractivity contribution >= 4 is 17.6 Å². The third-order valence-corrected chi connectivity index (χ3v) is 1.89. The van der Waals surface area contributed by atoms with Gasteiger partial charge in [0, 0.05) is 0 Å². The van der Waals surface area contributed by atoms with E-state index in [-0.39, 0.29) is 16.4 Å². The number of hydrogen-bond acceptors (Lipinski definition) is 3. The van der Waals surface area contributed by atoms with Crippen LogP contribution in [0.25, 0.3) is 0 Å². The molecule has 0 unspecified atom stereocenters. The molecule has 1 N–H and O–H groups in total. The first kappa shape index (κ1) is 13.7. The molecule has 0 aromatic carbocycles. The molecule has 4 nitrogen and oxygen atoms in total. The van der Waals surface area contributed by atoms with Crippen molar-refractivity contribution in [3.63, 3.8) is 0 Å². The summed E-state index contributed by atoms with van der Waals surface area (Å²) in [6.07, 6.45) is -4.47. The molecule has 8 heteroatoms. The molecule has 0 aliphatic rings. The van der Waals surface area contributed by atoms with Crippen molar-refractivity contribution in [3.05, 3.63) is 28.5 Å². The number of hydrogen-bond donors (Lipinski definition) is 1. The van der Waals surface area contributed by atoms with Crippen LogP contribution in [0.5, 0.6) is 0 Å². The second-order valence-electron chi connectivity index (χ2n) is 3.04. The van der Waals surface area contributed by atoms with Gasteiger partial charge in [0.15, 0.2) is 0 Å². The van der Waals surface area contributed by atoms with Crippen molar-refractivity contribution < 1.29 is 27.8 Å². The summed E-state index contributed by atoms with van der Waals surface area (Å²) in [7, 11) is 0. The molecule has 0 radical (unpaired) electrons. The molecular formula is C9H7ClF3NO3. The number of rotatable bonds is 4. The lowest BCUT2D eigenvalue weighted by Crippen LogP contribution is -2.17. The normalized spacial score (nSPS) is 11.5. The average Bonchev–Trinajstić information content (AvgIpc) is 2.15. The van der Waals surface area contributed by atoms with E-state index in [9.17, 15) is 18.0 Å². The van der Waals surface area contributed by atoms with E-state index < -0.39 is 25.4 Å². The van der Waals surface area contributed by atoms with Gasteiger partial charge in [0.2, 0.25) is 0 Å². The number of aromatic nitrogens is 1. The van der Waals surface area contributed by atoms with Crippen molar-refractivity contribution in [2.24, 2.45) is 0 Å². The molecular weight excluding hydrogens is 263 g/mol. The highest BCUT2D eigenvalue weighted by Gasteiger charge is 2.27. The summed E-state index contributed by atoms with van der Waals surface area (Å²) in [6, 6.07) is 2.39. The van der Waals surface area contributed by atoms with Crippen LogP contribution < -0.4 is 0 Å². The number of nitrogens with zero attached hydrogens (tertiary/aromatic N) is 1. The maximum absolute atomic E-state index is 11.8. The maximum atomic E-state index is 11.8. The van der Waals surface area contributed by atoms with Crippen molar-refractivity contribution in [1.29, 1.82) is 0 Å². The smallest absolute Gasteiger partial charge is 0.411 e. The lowest BCUT2D eigenvalue weighted by atomic mass is 10.2. The Bertz CT molecular complexity index is 422. The van der Waals surface area contributed by atoms with Gasteiger partial charge in [0.05, 0.1) is 17.9 Å². The van der Waals surface area contributed by atoms with Crippen LogP contribution in [0.4, 0.5) is 13.2 Å². The van der Waals surface area contributed by atoms with Crippen LogP contribution in [-0.2, 0) is 11.3 Å². The summed E-state index contributed by atoms with van der Waals surface area (Å²) < 4.78 is 39.7. The number of ether oxygens (including phenoxy) is 1. The van der Waals surface area contributed by atoms with E-state index in [1.54, 1.807) is 0 Å². The number of pyridine rings is 1. The Labute approximate surface area is 99.0 Å². The van der Waals surface area contributed by atoms with Crippen LogP contribution in [0.3, 0.4) is 0 Å². The summed E-state index contributed by atoms with van der Waals surface area (Å²) >= 11 is 5.51. The molecule has 1 aromatic heterocycles. The second-order valence-corrected chi connectivity index (χ2v) is 3.43. The molecule has 0 atom stereocenters. The van der Waals surface area contributed by atoms with Crippen LogP contribution >= 0.6 is 11.6 Å². The molecule has 0 aliphatic carbocycles. The van der Waals surface area contributed by atoms with Gasteiger partial charge < -0.3 is 9.84 Å². The Kier molecular flexibility index (Phi) is 4.30. The van der Waals surface area contributed by atoms with Crippen LogP contribution in [0.1, 0.15) is 16.1 Å². The monoisotopic (exact) mass is 269 g/mol. The van der Waals surface area contributed by atoms with Gasteiger partial charge in [-0.2, -0.15) is 13.2 Å². The molecule has 0 saturated carbocycles. The second kappa shape index (κ2) is 5.33. The highest BCUT2D eigenvalue weighted by atomic mass is 35.5. The largest absolute Gasteiger partial charge is 0.478 e. The molecule has 1 aromatic rings. The standard InChI is InChI=1S/C9H7ClF3NO3/c10-7-2-1-5(8(15)16)6(14-7)3-17-4-9(11,12)13/h1-2H,3-4H2,(H,15,16). The van der Waals surface area contributed by atoms with E-state index in [4.69, 9.17) is 16.7 Å². The molecule has 0 aliphatic heterocycles. The number of halogens is 4. The Hall–Kier alpha value is -1.34. The fraction of sp³-hybridized carbons (Fsp3) is 0.333. The minimum Gasteiger partial charge on any atom is -0.478 e. The predicted octanol–water partition coefficient (Wildman–Crippen LogP) is 2.51. The fourth-order valence-corrected chi connectivity index (χ4v) is 1.21. The number of carbonyl (C=O) groups is 1. The average molecular weight is 270 g/mol. The molecule has 1 heterocycles. The van der Waals surface area contributed by atoms with Crippen LogP contribution in [0.2, 0.25) is 5.15 Å². The van der Waals surface area contributed by atoms with Gasteiger partial charge in [0.25, 0.3) is 0 Å². The molecule has 0 bridgehead atoms. The Morgan fingerprint density at radius 2 is 2.12 bits per heavy atom. The van der Waals surface area contributed by atoms with Gasteiger partial charge in [-0.25, -0.2) is 9.78 Å². The van der Waals surface area contributed by atoms with Gasteiger partial charge in [-0.05, 0) is 12.1 Å². The molecule has 0 saturated heterocycles. The van der Waals surface area contributed by atoms with Gasteiger partial charge in [0.1, 0.15) is 11.8 Å². The van der Waals surface area contributed by atoms with E-state index in [1.165, 1.54) is 6.07 Å². The molecule has 0 spiro atoms. The number of carboxylic acid groups (broad SMARTS) is 1. The zero-order chi connectivity index (χ0) is 13.1. The third kappa shape index (κ3) is 4.58. The van der Waals surface area contributed by atoms with E-state index >= 15 is 0 Å². The molecule has 0 amide bonds. The summed E-state index contributed by atoms with van der Waals surface area (Å²) in [5.74, 6) is -1.31. The SMILES string of the molecule is O=C(O)c1ccc(Cl)nc1COCC(F)(F)F. The zero-order valence-corrected chi connectivity index (χ0v) is 9.05. The van der Waals surface area contributed by atoms with E-state index in [0.29, 0.717) is 0 Å². The van der Waals surface area contributed by atoms with Gasteiger partial charge >= 0.3 is 12.1 Å². The Balaban J connectivity index is 2.75. The molecule has 94 valence electrons. The van der Waals surface area contributed by atoms with E-state index in [0.717, 1.165) is 6.07 Å². The highest BCUT2D eigenvalue weighted by molar-refractivity contribution is 6.29. The van der Waals surface area contributed by atoms with Crippen molar-refractivity contribution in [1.82, 2.24) is 4.98 Å². The predicted molar refractivity (Wildman–Crippen MR) is 51.9 cm³/mol. The lowest BCUT2D eigenvalue weighted by molar-refractivity contribution is -0.176. The van der Waals surface area contributed by atoms with Crippen LogP contribution in [0.15, 0.2) is 12.1 Å². The van der Waals surface area contributed by atoms with E-state index in [2.05, 4.69) is 9.72 Å². The molecule has 1 rings (SSSR count). The quantitative estimate of drug-likeness (QED) is 0.853. The van der Waals surface area contributed by atoms with Gasteiger partial charge in [-0.15, -0.1) is 0 Å². The van der Waals surface area contributed by atoms with Gasteiger partial charge in [-0.3, -0.25) is 0 Å². The van der Waals surface area contributed by atoms with Crippen LogP contribution in [-0.4, -0.2) is 28.8 Å². The number of carboxylic acids is 1. The minimum atomic E-state index is -4.47. The summed E-state index contributed by atoms with van der Waals surface area (Å²) in [5.41, 5.74) is -0.383. The Morgan fingerprint density at radius 1 is 1.47 bits per heavy atom. The van der Waals surface area contributed by atoms with Gasteiger partial charge in [-0.1, -0.05) is 11.6 Å². The summed E-state index contributed by atoms with van der Waals surface area (Å²) in [4.78, 5) is 14.3. The minimum absolute atomic E-state index is 0.0133. The molecule has 17 heavy (non-hydrogen) atoms. The van der Waals surface area contributed by atoms with Crippen molar-refractivity contribution in [2.45, 2.75) is 12.8 Å². The van der Waals surface area contributed by atoms with Crippen molar-refractivity contribution in [3.8, 4) is 0 Å². The first-order valence-electron chi connectivity index (χ1n) is 4.33. The fourth-order valence-electron chi connectivity index (χ4n) is 1.04. The first-order chi connectivity index (χ1) is 7.79.